The van der Waals surface area contributed by atoms with Gasteiger partial charge in [-0.25, -0.2) is 0 Å². The molecule has 0 aromatic rings. The van der Waals surface area contributed by atoms with Crippen molar-refractivity contribution in [2.24, 2.45) is 23.5 Å². The Hall–Kier alpha value is -0.570. The first-order chi connectivity index (χ1) is 6.91. The maximum Gasteiger partial charge on any atom is 0.224 e. The molecule has 0 saturated carbocycles. The molecule has 0 aromatic heterocycles. The van der Waals surface area contributed by atoms with Crippen LogP contribution in [0, 0.1) is 17.8 Å². The molecule has 1 fully saturated rings. The minimum absolute atomic E-state index is 0.00344. The van der Waals surface area contributed by atoms with E-state index >= 15 is 0 Å². The molecule has 1 aliphatic rings. The molecule has 3 heteroatoms. The zero-order valence-corrected chi connectivity index (χ0v) is 10.4. The van der Waals surface area contributed by atoms with Crippen molar-refractivity contribution in [3.8, 4) is 0 Å². The van der Waals surface area contributed by atoms with Crippen molar-refractivity contribution in [3.63, 3.8) is 0 Å². The number of likely N-dealkylation sites (tertiary alicyclic amines) is 1. The first kappa shape index (κ1) is 12.5. The number of nitrogens with two attached hydrogens (primary N) is 1. The van der Waals surface area contributed by atoms with Crippen LogP contribution in [0.3, 0.4) is 0 Å². The molecular weight excluding hydrogens is 188 g/mol. The summed E-state index contributed by atoms with van der Waals surface area (Å²) in [5, 5.41) is 0. The molecule has 0 spiro atoms. The zero-order chi connectivity index (χ0) is 11.6. The minimum atomic E-state index is 0.00344. The van der Waals surface area contributed by atoms with E-state index in [-0.39, 0.29) is 11.9 Å². The van der Waals surface area contributed by atoms with Crippen LogP contribution in [-0.4, -0.2) is 29.9 Å². The van der Waals surface area contributed by atoms with Gasteiger partial charge in [-0.1, -0.05) is 27.7 Å². The van der Waals surface area contributed by atoms with Crippen LogP contribution >= 0.6 is 0 Å². The Morgan fingerprint density at radius 2 is 1.80 bits per heavy atom. The molecule has 1 aliphatic heterocycles. The highest BCUT2D eigenvalue weighted by atomic mass is 16.2. The Morgan fingerprint density at radius 1 is 1.33 bits per heavy atom. The Morgan fingerprint density at radius 3 is 2.20 bits per heavy atom. The maximum atomic E-state index is 11.9. The molecule has 1 saturated heterocycles. The highest BCUT2D eigenvalue weighted by Crippen LogP contribution is 2.23. The van der Waals surface area contributed by atoms with Gasteiger partial charge in [0, 0.05) is 25.6 Å². The van der Waals surface area contributed by atoms with Crippen LogP contribution in [0.5, 0.6) is 0 Å². The largest absolute Gasteiger partial charge is 0.342 e. The first-order valence-electron chi connectivity index (χ1n) is 5.95. The minimum Gasteiger partial charge on any atom is -0.342 e. The molecule has 1 heterocycles. The smallest absolute Gasteiger partial charge is 0.224 e. The van der Waals surface area contributed by atoms with E-state index in [4.69, 9.17) is 5.73 Å². The summed E-state index contributed by atoms with van der Waals surface area (Å²) in [5.74, 6) is 1.87. The first-order valence-corrected chi connectivity index (χ1v) is 5.95. The second-order valence-corrected chi connectivity index (χ2v) is 5.37. The van der Waals surface area contributed by atoms with Gasteiger partial charge in [-0.15, -0.1) is 0 Å². The van der Waals surface area contributed by atoms with E-state index in [0.29, 0.717) is 24.2 Å². The lowest BCUT2D eigenvalue weighted by atomic mass is 10.0. The lowest BCUT2D eigenvalue weighted by Gasteiger charge is -2.20. The molecule has 0 aliphatic carbocycles. The molecule has 15 heavy (non-hydrogen) atoms. The number of hydrogen-bond acceptors (Lipinski definition) is 2. The van der Waals surface area contributed by atoms with Gasteiger partial charge in [0.2, 0.25) is 5.91 Å². The Balaban J connectivity index is 2.42. The molecule has 3 unspecified atom stereocenters. The average Bonchev–Trinajstić information content (AvgIpc) is 2.46. The van der Waals surface area contributed by atoms with Gasteiger partial charge < -0.3 is 10.6 Å². The van der Waals surface area contributed by atoms with E-state index in [0.717, 1.165) is 13.1 Å². The normalized spacial score (nSPS) is 28.5. The Bertz CT molecular complexity index is 218. The molecule has 1 rings (SSSR count). The molecular formula is C12H24N2O. The summed E-state index contributed by atoms with van der Waals surface area (Å²) < 4.78 is 0. The number of carbonyl (C=O) groups is 1. The second-order valence-electron chi connectivity index (χ2n) is 5.37. The van der Waals surface area contributed by atoms with Crippen molar-refractivity contribution in [1.82, 2.24) is 4.90 Å². The van der Waals surface area contributed by atoms with Crippen LogP contribution in [0.4, 0.5) is 0 Å². The number of rotatable bonds is 3. The van der Waals surface area contributed by atoms with Crippen molar-refractivity contribution in [1.29, 1.82) is 0 Å². The molecule has 0 aromatic carbocycles. The van der Waals surface area contributed by atoms with E-state index in [2.05, 4.69) is 27.7 Å². The predicted octanol–water partition coefficient (Wildman–Crippen LogP) is 1.47. The van der Waals surface area contributed by atoms with Gasteiger partial charge >= 0.3 is 0 Å². The fourth-order valence-corrected chi connectivity index (χ4v) is 1.90. The van der Waals surface area contributed by atoms with Crippen molar-refractivity contribution in [3.05, 3.63) is 0 Å². The summed E-state index contributed by atoms with van der Waals surface area (Å²) >= 11 is 0. The zero-order valence-electron chi connectivity index (χ0n) is 10.4. The van der Waals surface area contributed by atoms with Crippen LogP contribution in [0.1, 0.15) is 34.1 Å². The van der Waals surface area contributed by atoms with E-state index in [9.17, 15) is 4.79 Å². The van der Waals surface area contributed by atoms with Crippen molar-refractivity contribution in [2.75, 3.05) is 13.1 Å². The van der Waals surface area contributed by atoms with Gasteiger partial charge in [-0.05, 0) is 17.8 Å². The van der Waals surface area contributed by atoms with Crippen molar-refractivity contribution in [2.45, 2.75) is 40.2 Å². The summed E-state index contributed by atoms with van der Waals surface area (Å²) in [6.07, 6.45) is 0.497. The van der Waals surface area contributed by atoms with Crippen LogP contribution in [0.15, 0.2) is 0 Å². The van der Waals surface area contributed by atoms with E-state index in [1.807, 2.05) is 4.90 Å². The number of carbonyl (C=O) groups excluding carboxylic acids is 1. The standard InChI is InChI=1S/C12H24N2O/c1-8(2)11(13)5-12(15)14-6-9(3)10(4)7-14/h8-11H,5-7,13H2,1-4H3. The number of hydrogen-bond donors (Lipinski definition) is 1. The lowest BCUT2D eigenvalue weighted by Crippen LogP contribution is -2.37. The summed E-state index contributed by atoms with van der Waals surface area (Å²) in [6, 6.07) is 0.00344. The molecule has 1 amide bonds. The van der Waals surface area contributed by atoms with Gasteiger partial charge in [-0.2, -0.15) is 0 Å². The third-order valence-electron chi connectivity index (χ3n) is 3.61. The van der Waals surface area contributed by atoms with Gasteiger partial charge in [0.25, 0.3) is 0 Å². The Kier molecular flexibility index (Phi) is 4.14. The van der Waals surface area contributed by atoms with Crippen LogP contribution in [0.25, 0.3) is 0 Å². The average molecular weight is 212 g/mol. The van der Waals surface area contributed by atoms with Crippen molar-refractivity contribution < 1.29 is 4.79 Å². The SMILES string of the molecule is CC(C)C(N)CC(=O)N1CC(C)C(C)C1. The molecule has 3 nitrogen and oxygen atoms in total. The number of nitrogens with zero attached hydrogens (tertiary/aromatic N) is 1. The molecule has 88 valence electrons. The van der Waals surface area contributed by atoms with Crippen molar-refractivity contribution >= 4 is 5.91 Å². The monoisotopic (exact) mass is 212 g/mol. The highest BCUT2D eigenvalue weighted by molar-refractivity contribution is 5.77. The van der Waals surface area contributed by atoms with E-state index in [1.54, 1.807) is 0 Å². The predicted molar refractivity (Wildman–Crippen MR) is 62.3 cm³/mol. The summed E-state index contributed by atoms with van der Waals surface area (Å²) in [4.78, 5) is 13.9. The van der Waals surface area contributed by atoms with E-state index < -0.39 is 0 Å². The Labute approximate surface area is 93.0 Å². The van der Waals surface area contributed by atoms with Gasteiger partial charge in [0.1, 0.15) is 0 Å². The van der Waals surface area contributed by atoms with Gasteiger partial charge in [0.15, 0.2) is 0 Å². The fraction of sp³-hybridized carbons (Fsp3) is 0.917. The van der Waals surface area contributed by atoms with Crippen LogP contribution < -0.4 is 5.73 Å². The van der Waals surface area contributed by atoms with Crippen LogP contribution in [-0.2, 0) is 4.79 Å². The molecule has 2 N–H and O–H groups in total. The third-order valence-corrected chi connectivity index (χ3v) is 3.61. The third kappa shape index (κ3) is 3.20. The van der Waals surface area contributed by atoms with E-state index in [1.165, 1.54) is 0 Å². The molecule has 0 bridgehead atoms. The molecule has 3 atom stereocenters. The fourth-order valence-electron chi connectivity index (χ4n) is 1.90. The van der Waals surface area contributed by atoms with Gasteiger partial charge in [-0.3, -0.25) is 4.79 Å². The summed E-state index contributed by atoms with van der Waals surface area (Å²) in [5.41, 5.74) is 5.91. The topological polar surface area (TPSA) is 46.3 Å². The summed E-state index contributed by atoms with van der Waals surface area (Å²) in [7, 11) is 0. The summed E-state index contributed by atoms with van der Waals surface area (Å²) in [6.45, 7) is 10.4. The van der Waals surface area contributed by atoms with Gasteiger partial charge in [0.05, 0.1) is 0 Å². The highest BCUT2D eigenvalue weighted by Gasteiger charge is 2.30. The quantitative estimate of drug-likeness (QED) is 0.770. The second kappa shape index (κ2) is 4.97. The lowest BCUT2D eigenvalue weighted by molar-refractivity contribution is -0.130. The molecule has 0 radical (unpaired) electrons. The maximum absolute atomic E-state index is 11.9. The van der Waals surface area contributed by atoms with Crippen LogP contribution in [0.2, 0.25) is 0 Å². The number of amides is 1.